The molecule has 0 heterocycles. The van der Waals surface area contributed by atoms with Crippen LogP contribution in [0.1, 0.15) is 43.5 Å². The van der Waals surface area contributed by atoms with Gasteiger partial charge >= 0.3 is 0 Å². The van der Waals surface area contributed by atoms with E-state index in [9.17, 15) is 13.2 Å². The van der Waals surface area contributed by atoms with Crippen LogP contribution in [0.15, 0.2) is 29.2 Å². The summed E-state index contributed by atoms with van der Waals surface area (Å²) in [6.07, 6.45) is 2.40. The van der Waals surface area contributed by atoms with Crippen molar-refractivity contribution in [2.45, 2.75) is 44.0 Å². The number of unbranched alkanes of at least 4 members (excludes halogenated alkanes) is 1. The predicted octanol–water partition coefficient (Wildman–Crippen LogP) is 1.23. The maximum Gasteiger partial charge on any atom is 0.251 e. The molecule has 0 saturated carbocycles. The summed E-state index contributed by atoms with van der Waals surface area (Å²) in [6, 6.07) is 5.79. The molecule has 0 aliphatic rings. The fourth-order valence-electron chi connectivity index (χ4n) is 1.78. The van der Waals surface area contributed by atoms with Crippen LogP contribution in [0, 0.1) is 0 Å². The summed E-state index contributed by atoms with van der Waals surface area (Å²) in [7, 11) is -3.53. The van der Waals surface area contributed by atoms with Gasteiger partial charge in [-0.05, 0) is 57.0 Å². The molecule has 0 aromatic heterocycles. The number of amides is 1. The van der Waals surface area contributed by atoms with Gasteiger partial charge in [-0.3, -0.25) is 4.79 Å². The summed E-state index contributed by atoms with van der Waals surface area (Å²) in [5.74, 6) is -0.212. The minimum atomic E-state index is -3.53. The van der Waals surface area contributed by atoms with Gasteiger partial charge in [0.2, 0.25) is 10.0 Å². The van der Waals surface area contributed by atoms with Crippen molar-refractivity contribution in [1.82, 2.24) is 10.0 Å². The van der Waals surface area contributed by atoms with Crippen LogP contribution in [0.3, 0.4) is 0 Å². The third-order valence-corrected chi connectivity index (χ3v) is 4.92. The summed E-state index contributed by atoms with van der Waals surface area (Å²) in [4.78, 5) is 12.0. The first-order chi connectivity index (χ1) is 10.4. The van der Waals surface area contributed by atoms with Crippen molar-refractivity contribution in [3.8, 4) is 0 Å². The van der Waals surface area contributed by atoms with Crippen LogP contribution in [0.25, 0.3) is 0 Å². The molecular formula is C15H25N3O3S. The molecule has 6 nitrogen and oxygen atoms in total. The van der Waals surface area contributed by atoms with Crippen LogP contribution in [-0.4, -0.2) is 33.5 Å². The van der Waals surface area contributed by atoms with E-state index in [1.54, 1.807) is 6.92 Å². The minimum Gasteiger partial charge on any atom is -0.352 e. The number of hydrogen-bond donors (Lipinski definition) is 3. The van der Waals surface area contributed by atoms with Crippen molar-refractivity contribution in [3.63, 3.8) is 0 Å². The molecule has 124 valence electrons. The van der Waals surface area contributed by atoms with Crippen LogP contribution in [0.2, 0.25) is 0 Å². The number of nitrogens with one attached hydrogen (secondary N) is 2. The number of benzene rings is 1. The Morgan fingerprint density at radius 1 is 1.23 bits per heavy atom. The number of sulfonamides is 1. The SMILES string of the molecule is CCC(C)NS(=O)(=O)c1ccc(C(=O)NCCCCN)cc1. The second-order valence-electron chi connectivity index (χ2n) is 5.21. The van der Waals surface area contributed by atoms with Gasteiger partial charge in [-0.25, -0.2) is 13.1 Å². The van der Waals surface area contributed by atoms with Gasteiger partial charge in [0, 0.05) is 18.2 Å². The zero-order valence-corrected chi connectivity index (χ0v) is 13.9. The van der Waals surface area contributed by atoms with Crippen LogP contribution >= 0.6 is 0 Å². The van der Waals surface area contributed by atoms with Gasteiger partial charge in [0.05, 0.1) is 4.90 Å². The lowest BCUT2D eigenvalue weighted by molar-refractivity contribution is 0.0953. The number of carbonyl (C=O) groups excluding carboxylic acids is 1. The average molecular weight is 327 g/mol. The minimum absolute atomic E-state index is 0.129. The van der Waals surface area contributed by atoms with E-state index in [0.29, 0.717) is 25.1 Å². The second-order valence-corrected chi connectivity index (χ2v) is 6.92. The van der Waals surface area contributed by atoms with Crippen molar-refractivity contribution in [2.75, 3.05) is 13.1 Å². The molecule has 0 fully saturated rings. The van der Waals surface area contributed by atoms with Crippen molar-refractivity contribution >= 4 is 15.9 Å². The Hall–Kier alpha value is -1.44. The standard InChI is InChI=1S/C15H25N3O3S/c1-3-12(2)18-22(20,21)14-8-6-13(7-9-14)15(19)17-11-5-4-10-16/h6-9,12,18H,3-5,10-11,16H2,1-2H3,(H,17,19). The Morgan fingerprint density at radius 2 is 1.86 bits per heavy atom. The lowest BCUT2D eigenvalue weighted by Gasteiger charge is -2.12. The molecule has 0 saturated heterocycles. The van der Waals surface area contributed by atoms with Crippen LogP contribution in [0.5, 0.6) is 0 Å². The van der Waals surface area contributed by atoms with Gasteiger partial charge in [-0.1, -0.05) is 6.92 Å². The van der Waals surface area contributed by atoms with Gasteiger partial charge in [0.15, 0.2) is 0 Å². The van der Waals surface area contributed by atoms with E-state index in [1.165, 1.54) is 24.3 Å². The van der Waals surface area contributed by atoms with Gasteiger partial charge in [0.1, 0.15) is 0 Å². The second kappa shape index (κ2) is 8.87. The fraction of sp³-hybridized carbons (Fsp3) is 0.533. The molecule has 0 spiro atoms. The summed E-state index contributed by atoms with van der Waals surface area (Å²) in [5, 5.41) is 2.77. The smallest absolute Gasteiger partial charge is 0.251 e. The van der Waals surface area contributed by atoms with Crippen molar-refractivity contribution in [1.29, 1.82) is 0 Å². The average Bonchev–Trinajstić information content (AvgIpc) is 2.51. The zero-order chi connectivity index (χ0) is 16.6. The molecule has 0 aliphatic carbocycles. The number of hydrogen-bond acceptors (Lipinski definition) is 4. The zero-order valence-electron chi connectivity index (χ0n) is 13.1. The molecule has 7 heteroatoms. The summed E-state index contributed by atoms with van der Waals surface area (Å²) >= 11 is 0. The largest absolute Gasteiger partial charge is 0.352 e. The first kappa shape index (κ1) is 18.6. The topological polar surface area (TPSA) is 101 Å². The highest BCUT2D eigenvalue weighted by atomic mass is 32.2. The number of carbonyl (C=O) groups is 1. The van der Waals surface area contributed by atoms with E-state index in [0.717, 1.165) is 12.8 Å². The first-order valence-electron chi connectivity index (χ1n) is 7.51. The van der Waals surface area contributed by atoms with E-state index in [2.05, 4.69) is 10.0 Å². The number of rotatable bonds is 9. The normalized spacial score (nSPS) is 12.9. The maximum atomic E-state index is 12.1. The molecule has 0 radical (unpaired) electrons. The Balaban J connectivity index is 2.68. The summed E-state index contributed by atoms with van der Waals surface area (Å²) in [5.41, 5.74) is 5.82. The van der Waals surface area contributed by atoms with Gasteiger partial charge in [0.25, 0.3) is 5.91 Å². The third-order valence-electron chi connectivity index (χ3n) is 3.31. The van der Waals surface area contributed by atoms with Crippen LogP contribution < -0.4 is 15.8 Å². The van der Waals surface area contributed by atoms with Crippen molar-refractivity contribution in [2.24, 2.45) is 5.73 Å². The molecule has 1 aromatic rings. The molecule has 1 amide bonds. The van der Waals surface area contributed by atoms with E-state index in [-0.39, 0.29) is 16.8 Å². The van der Waals surface area contributed by atoms with E-state index >= 15 is 0 Å². The fourth-order valence-corrected chi connectivity index (χ4v) is 3.10. The molecule has 1 aromatic carbocycles. The van der Waals surface area contributed by atoms with Crippen LogP contribution in [0.4, 0.5) is 0 Å². The highest BCUT2D eigenvalue weighted by Crippen LogP contribution is 2.11. The highest BCUT2D eigenvalue weighted by molar-refractivity contribution is 7.89. The van der Waals surface area contributed by atoms with E-state index < -0.39 is 10.0 Å². The third kappa shape index (κ3) is 5.75. The Labute approximate surface area is 132 Å². The Bertz CT molecular complexity index is 570. The molecule has 4 N–H and O–H groups in total. The Morgan fingerprint density at radius 3 is 2.41 bits per heavy atom. The van der Waals surface area contributed by atoms with Crippen LogP contribution in [-0.2, 0) is 10.0 Å². The monoisotopic (exact) mass is 327 g/mol. The lowest BCUT2D eigenvalue weighted by atomic mass is 10.2. The summed E-state index contributed by atoms with van der Waals surface area (Å²) < 4.78 is 26.8. The molecule has 0 aliphatic heterocycles. The summed E-state index contributed by atoms with van der Waals surface area (Å²) in [6.45, 7) is 4.88. The molecular weight excluding hydrogens is 302 g/mol. The van der Waals surface area contributed by atoms with Crippen molar-refractivity contribution in [3.05, 3.63) is 29.8 Å². The lowest BCUT2D eigenvalue weighted by Crippen LogP contribution is -2.32. The molecule has 22 heavy (non-hydrogen) atoms. The maximum absolute atomic E-state index is 12.1. The van der Waals surface area contributed by atoms with Crippen molar-refractivity contribution < 1.29 is 13.2 Å². The molecule has 1 rings (SSSR count). The molecule has 1 unspecified atom stereocenters. The quantitative estimate of drug-likeness (QED) is 0.594. The van der Waals surface area contributed by atoms with E-state index in [4.69, 9.17) is 5.73 Å². The Kier molecular flexibility index (Phi) is 7.50. The first-order valence-corrected chi connectivity index (χ1v) is 8.99. The van der Waals surface area contributed by atoms with Gasteiger partial charge in [-0.15, -0.1) is 0 Å². The predicted molar refractivity (Wildman–Crippen MR) is 87.1 cm³/mol. The number of nitrogens with two attached hydrogens (primary N) is 1. The van der Waals surface area contributed by atoms with E-state index in [1.807, 2.05) is 6.92 Å². The highest BCUT2D eigenvalue weighted by Gasteiger charge is 2.16. The molecule has 0 bridgehead atoms. The van der Waals surface area contributed by atoms with Gasteiger partial charge < -0.3 is 11.1 Å². The molecule has 1 atom stereocenters. The van der Waals surface area contributed by atoms with Gasteiger partial charge in [-0.2, -0.15) is 0 Å².